The van der Waals surface area contributed by atoms with E-state index in [2.05, 4.69) is 61.1 Å². The number of benzene rings is 1. The number of anilines is 1. The second kappa shape index (κ2) is 5.59. The topological polar surface area (TPSA) is 40.7 Å². The Morgan fingerprint density at radius 2 is 2.21 bits per heavy atom. The molecule has 0 spiro atoms. The lowest BCUT2D eigenvalue weighted by Crippen LogP contribution is -1.97. The SMILES string of the molecule is Brc1csc(CNc2cccc(-c3ccn[nH]3)c2)c1. The predicted octanol–water partition coefficient (Wildman–Crippen LogP) is 4.51. The van der Waals surface area contributed by atoms with Crippen LogP contribution < -0.4 is 5.32 Å². The van der Waals surface area contributed by atoms with E-state index in [1.165, 1.54) is 4.88 Å². The summed E-state index contributed by atoms with van der Waals surface area (Å²) in [6, 6.07) is 12.4. The number of thiophene rings is 1. The molecule has 2 heterocycles. The maximum absolute atomic E-state index is 3.98. The first-order chi connectivity index (χ1) is 9.31. The van der Waals surface area contributed by atoms with Crippen LogP contribution in [0.2, 0.25) is 0 Å². The minimum absolute atomic E-state index is 0.836. The van der Waals surface area contributed by atoms with Crippen LogP contribution in [0, 0.1) is 0 Å². The zero-order chi connectivity index (χ0) is 13.1. The molecule has 2 aromatic heterocycles. The largest absolute Gasteiger partial charge is 0.380 e. The van der Waals surface area contributed by atoms with Crippen molar-refractivity contribution in [1.82, 2.24) is 10.2 Å². The standard InChI is InChI=1S/C14H12BrN3S/c15-11-7-13(19-9-11)8-16-12-3-1-2-10(6-12)14-4-5-17-18-14/h1-7,9,16H,8H2,(H,17,18). The van der Waals surface area contributed by atoms with Gasteiger partial charge in [-0.2, -0.15) is 5.10 Å². The van der Waals surface area contributed by atoms with Crippen LogP contribution in [0.1, 0.15) is 4.88 Å². The van der Waals surface area contributed by atoms with Crippen molar-refractivity contribution >= 4 is 33.0 Å². The van der Waals surface area contributed by atoms with Crippen LogP contribution in [0.25, 0.3) is 11.3 Å². The fourth-order valence-corrected chi connectivity index (χ4v) is 3.24. The Labute approximate surface area is 123 Å². The Morgan fingerprint density at radius 1 is 1.26 bits per heavy atom. The van der Waals surface area contributed by atoms with Crippen molar-refractivity contribution in [3.8, 4) is 11.3 Å². The van der Waals surface area contributed by atoms with Crippen LogP contribution in [0.15, 0.2) is 52.4 Å². The van der Waals surface area contributed by atoms with Crippen molar-refractivity contribution in [2.45, 2.75) is 6.54 Å². The third kappa shape index (κ3) is 3.05. The van der Waals surface area contributed by atoms with Crippen molar-refractivity contribution in [3.63, 3.8) is 0 Å². The molecular formula is C14H12BrN3S. The highest BCUT2D eigenvalue weighted by molar-refractivity contribution is 9.10. The lowest BCUT2D eigenvalue weighted by atomic mass is 10.1. The van der Waals surface area contributed by atoms with E-state index in [-0.39, 0.29) is 0 Å². The molecule has 5 heteroatoms. The number of rotatable bonds is 4. The summed E-state index contributed by atoms with van der Waals surface area (Å²) in [7, 11) is 0. The zero-order valence-electron chi connectivity index (χ0n) is 10.1. The number of nitrogens with zero attached hydrogens (tertiary/aromatic N) is 1. The second-order valence-electron chi connectivity index (χ2n) is 4.14. The van der Waals surface area contributed by atoms with Gasteiger partial charge in [0.15, 0.2) is 0 Å². The van der Waals surface area contributed by atoms with Crippen LogP contribution in [0.5, 0.6) is 0 Å². The molecule has 96 valence electrons. The maximum atomic E-state index is 3.98. The quantitative estimate of drug-likeness (QED) is 0.737. The molecular weight excluding hydrogens is 322 g/mol. The molecule has 0 aliphatic heterocycles. The fraction of sp³-hybridized carbons (Fsp3) is 0.0714. The summed E-state index contributed by atoms with van der Waals surface area (Å²) in [6.07, 6.45) is 1.76. The van der Waals surface area contributed by atoms with E-state index in [4.69, 9.17) is 0 Å². The molecule has 0 atom stereocenters. The third-order valence-electron chi connectivity index (χ3n) is 2.76. The zero-order valence-corrected chi connectivity index (χ0v) is 12.5. The first-order valence-electron chi connectivity index (χ1n) is 5.88. The fourth-order valence-electron chi connectivity index (χ4n) is 1.85. The van der Waals surface area contributed by atoms with Gasteiger partial charge in [0.2, 0.25) is 0 Å². The number of nitrogens with one attached hydrogen (secondary N) is 2. The molecule has 2 N–H and O–H groups in total. The second-order valence-corrected chi connectivity index (χ2v) is 6.05. The number of H-pyrrole nitrogens is 1. The van der Waals surface area contributed by atoms with Gasteiger partial charge in [0.1, 0.15) is 0 Å². The van der Waals surface area contributed by atoms with Gasteiger partial charge in [0, 0.05) is 38.7 Å². The molecule has 0 saturated carbocycles. The molecule has 0 bridgehead atoms. The molecule has 3 rings (SSSR count). The lowest BCUT2D eigenvalue weighted by Gasteiger charge is -2.06. The molecule has 19 heavy (non-hydrogen) atoms. The number of halogens is 1. The van der Waals surface area contributed by atoms with Crippen LogP contribution in [-0.2, 0) is 6.54 Å². The van der Waals surface area contributed by atoms with Crippen molar-refractivity contribution in [1.29, 1.82) is 0 Å². The van der Waals surface area contributed by atoms with E-state index in [1.54, 1.807) is 17.5 Å². The summed E-state index contributed by atoms with van der Waals surface area (Å²) in [5.74, 6) is 0. The van der Waals surface area contributed by atoms with Gasteiger partial charge in [-0.15, -0.1) is 11.3 Å². The molecule has 3 nitrogen and oxygen atoms in total. The van der Waals surface area contributed by atoms with Crippen molar-refractivity contribution in [2.24, 2.45) is 0 Å². The summed E-state index contributed by atoms with van der Waals surface area (Å²) in [6.45, 7) is 0.836. The lowest BCUT2D eigenvalue weighted by molar-refractivity contribution is 1.09. The van der Waals surface area contributed by atoms with Gasteiger partial charge in [-0.05, 0) is 40.2 Å². The number of aromatic amines is 1. The van der Waals surface area contributed by atoms with Gasteiger partial charge in [-0.3, -0.25) is 5.10 Å². The monoisotopic (exact) mass is 333 g/mol. The average molecular weight is 334 g/mol. The van der Waals surface area contributed by atoms with Crippen molar-refractivity contribution in [3.05, 3.63) is 57.3 Å². The molecule has 0 fully saturated rings. The Bertz CT molecular complexity index is 661. The van der Waals surface area contributed by atoms with Crippen molar-refractivity contribution < 1.29 is 0 Å². The van der Waals surface area contributed by atoms with Gasteiger partial charge in [-0.25, -0.2) is 0 Å². The van der Waals surface area contributed by atoms with E-state index >= 15 is 0 Å². The molecule has 3 aromatic rings. The van der Waals surface area contributed by atoms with Gasteiger partial charge in [-0.1, -0.05) is 12.1 Å². The Kier molecular flexibility index (Phi) is 3.66. The molecule has 0 aliphatic carbocycles. The summed E-state index contributed by atoms with van der Waals surface area (Å²) in [5.41, 5.74) is 3.27. The predicted molar refractivity (Wildman–Crippen MR) is 83.4 cm³/mol. The molecule has 1 aromatic carbocycles. The Morgan fingerprint density at radius 3 is 2.95 bits per heavy atom. The van der Waals surface area contributed by atoms with E-state index in [0.29, 0.717) is 0 Å². The molecule has 0 aliphatic rings. The molecule has 0 radical (unpaired) electrons. The van der Waals surface area contributed by atoms with Crippen LogP contribution in [-0.4, -0.2) is 10.2 Å². The Hall–Kier alpha value is -1.59. The van der Waals surface area contributed by atoms with E-state index < -0.39 is 0 Å². The third-order valence-corrected chi connectivity index (χ3v) is 4.46. The van der Waals surface area contributed by atoms with E-state index in [0.717, 1.165) is 28.0 Å². The van der Waals surface area contributed by atoms with Crippen LogP contribution in [0.3, 0.4) is 0 Å². The summed E-state index contributed by atoms with van der Waals surface area (Å²) < 4.78 is 1.14. The Balaban J connectivity index is 1.73. The highest BCUT2D eigenvalue weighted by Gasteiger charge is 2.01. The summed E-state index contributed by atoms with van der Waals surface area (Å²) in [5, 5.41) is 12.5. The summed E-state index contributed by atoms with van der Waals surface area (Å²) >= 11 is 5.21. The molecule has 0 amide bonds. The van der Waals surface area contributed by atoms with Crippen molar-refractivity contribution in [2.75, 3.05) is 5.32 Å². The first kappa shape index (κ1) is 12.4. The van der Waals surface area contributed by atoms with Gasteiger partial charge >= 0.3 is 0 Å². The first-order valence-corrected chi connectivity index (χ1v) is 7.55. The smallest absolute Gasteiger partial charge is 0.0650 e. The van der Waals surface area contributed by atoms with Crippen LogP contribution >= 0.6 is 27.3 Å². The van der Waals surface area contributed by atoms with E-state index in [9.17, 15) is 0 Å². The molecule has 0 saturated heterocycles. The number of hydrogen-bond acceptors (Lipinski definition) is 3. The minimum atomic E-state index is 0.836. The maximum Gasteiger partial charge on any atom is 0.0650 e. The van der Waals surface area contributed by atoms with Crippen LogP contribution in [0.4, 0.5) is 5.69 Å². The average Bonchev–Trinajstić information content (AvgIpc) is 3.08. The van der Waals surface area contributed by atoms with E-state index in [1.807, 2.05) is 12.1 Å². The summed E-state index contributed by atoms with van der Waals surface area (Å²) in [4.78, 5) is 1.30. The number of aromatic nitrogens is 2. The molecule has 0 unspecified atom stereocenters. The highest BCUT2D eigenvalue weighted by atomic mass is 79.9. The highest BCUT2D eigenvalue weighted by Crippen LogP contribution is 2.23. The normalized spacial score (nSPS) is 10.6. The van der Waals surface area contributed by atoms with Gasteiger partial charge in [0.05, 0.1) is 5.69 Å². The number of hydrogen-bond donors (Lipinski definition) is 2. The minimum Gasteiger partial charge on any atom is -0.380 e. The van der Waals surface area contributed by atoms with Gasteiger partial charge < -0.3 is 5.32 Å². The van der Waals surface area contributed by atoms with Gasteiger partial charge in [0.25, 0.3) is 0 Å².